The van der Waals surface area contributed by atoms with Gasteiger partial charge in [-0.25, -0.2) is 0 Å². The van der Waals surface area contributed by atoms with Gasteiger partial charge in [0.1, 0.15) is 23.0 Å². The number of alkyl halides is 6. The fourth-order valence-corrected chi connectivity index (χ4v) is 5.89. The Morgan fingerprint density at radius 1 is 0.578 bits per heavy atom. The van der Waals surface area contributed by atoms with Gasteiger partial charge in [-0.15, -0.1) is 0 Å². The first-order valence-corrected chi connectivity index (χ1v) is 15.4. The maximum atomic E-state index is 13.4. The lowest BCUT2D eigenvalue weighted by Crippen LogP contribution is -2.35. The minimum atomic E-state index is -6.23. The lowest BCUT2D eigenvalue weighted by atomic mass is 9.81. The zero-order valence-corrected chi connectivity index (χ0v) is 24.6. The predicted molar refractivity (Wildman–Crippen MR) is 148 cm³/mol. The number of rotatable bonds is 8. The van der Waals surface area contributed by atoms with Crippen molar-refractivity contribution in [2.75, 3.05) is 14.2 Å². The van der Waals surface area contributed by atoms with E-state index in [0.717, 1.165) is 12.1 Å². The molecule has 0 saturated heterocycles. The normalized spacial score (nSPS) is 17.2. The van der Waals surface area contributed by atoms with Crippen molar-refractivity contribution >= 4 is 31.0 Å². The molecule has 5 rings (SSSR count). The van der Waals surface area contributed by atoms with Gasteiger partial charge in [-0.3, -0.25) is 5.32 Å². The van der Waals surface area contributed by atoms with Crippen molar-refractivity contribution in [1.29, 1.82) is 0 Å². The molecule has 240 valence electrons. The van der Waals surface area contributed by atoms with E-state index in [9.17, 15) is 43.2 Å². The van der Waals surface area contributed by atoms with E-state index in [2.05, 4.69) is 13.7 Å². The van der Waals surface area contributed by atoms with Gasteiger partial charge in [0, 0.05) is 11.1 Å². The predicted octanol–water partition coefficient (Wildman–Crippen LogP) is 6.10. The molecule has 4 aromatic carbocycles. The van der Waals surface area contributed by atoms with Gasteiger partial charge in [0.05, 0.1) is 26.3 Å². The molecule has 2 unspecified atom stereocenters. The van der Waals surface area contributed by atoms with E-state index >= 15 is 0 Å². The highest BCUT2D eigenvalue weighted by Crippen LogP contribution is 2.50. The lowest BCUT2D eigenvalue weighted by molar-refractivity contribution is -0.0504. The van der Waals surface area contributed by atoms with Crippen LogP contribution in [0.15, 0.2) is 72.8 Å². The number of benzene rings is 4. The summed E-state index contributed by atoms with van der Waals surface area (Å²) in [6.45, 7) is 0. The summed E-state index contributed by atoms with van der Waals surface area (Å²) in [5.74, 6) is -0.801. The van der Waals surface area contributed by atoms with Gasteiger partial charge in [-0.05, 0) is 58.3 Å². The van der Waals surface area contributed by atoms with Gasteiger partial charge in [-0.2, -0.15) is 43.2 Å². The Labute approximate surface area is 252 Å². The topological polar surface area (TPSA) is 117 Å². The smallest absolute Gasteiger partial charge is 0.497 e. The van der Waals surface area contributed by atoms with E-state index in [1.807, 2.05) is 0 Å². The van der Waals surface area contributed by atoms with Crippen LogP contribution in [-0.4, -0.2) is 42.1 Å². The van der Waals surface area contributed by atoms with Crippen molar-refractivity contribution in [2.45, 2.75) is 23.1 Å². The molecular formula is C28H21F6NO8S2. The molecule has 45 heavy (non-hydrogen) atoms. The summed E-state index contributed by atoms with van der Waals surface area (Å²) in [7, 11) is -9.66. The second-order valence-electron chi connectivity index (χ2n) is 9.60. The van der Waals surface area contributed by atoms with Crippen LogP contribution in [0.2, 0.25) is 0 Å². The highest BCUT2D eigenvalue weighted by Gasteiger charge is 2.51. The van der Waals surface area contributed by atoms with Gasteiger partial charge in [0.15, 0.2) is 0 Å². The monoisotopic (exact) mass is 677 g/mol. The molecule has 1 N–H and O–H groups in total. The van der Waals surface area contributed by atoms with E-state index in [1.165, 1.54) is 74.9 Å². The number of hydrogen-bond donors (Lipinski definition) is 1. The molecule has 0 fully saturated rings. The van der Waals surface area contributed by atoms with Crippen LogP contribution in [0.4, 0.5) is 26.3 Å². The van der Waals surface area contributed by atoms with Crippen molar-refractivity contribution in [3.05, 3.63) is 95.1 Å². The van der Waals surface area contributed by atoms with Crippen LogP contribution in [-0.2, 0) is 20.2 Å². The quantitative estimate of drug-likeness (QED) is 0.134. The molecule has 0 aromatic heterocycles. The molecule has 0 bridgehead atoms. The van der Waals surface area contributed by atoms with Crippen LogP contribution >= 0.6 is 0 Å². The van der Waals surface area contributed by atoms with Gasteiger partial charge in [-0.1, -0.05) is 36.4 Å². The summed E-state index contributed by atoms with van der Waals surface area (Å²) in [6, 6.07) is 14.2. The molecule has 4 aromatic rings. The molecule has 17 heteroatoms. The second-order valence-corrected chi connectivity index (χ2v) is 12.7. The zero-order chi connectivity index (χ0) is 32.9. The minimum Gasteiger partial charge on any atom is -0.497 e. The van der Waals surface area contributed by atoms with Crippen molar-refractivity contribution in [3.63, 3.8) is 0 Å². The fourth-order valence-electron chi connectivity index (χ4n) is 4.94. The van der Waals surface area contributed by atoms with Crippen molar-refractivity contribution in [3.8, 4) is 23.0 Å². The summed E-state index contributed by atoms with van der Waals surface area (Å²) in [4.78, 5) is 0. The van der Waals surface area contributed by atoms with E-state index in [4.69, 9.17) is 9.47 Å². The Morgan fingerprint density at radius 3 is 1.24 bits per heavy atom. The summed E-state index contributed by atoms with van der Waals surface area (Å²) in [5.41, 5.74) is -11.4. The van der Waals surface area contributed by atoms with Crippen LogP contribution in [0.5, 0.6) is 23.0 Å². The standard InChI is InChI=1S/C28H21F6NO8S2/c1-40-18-9-3-16(4-10-18)25-23-20(42-44(36,37)27(29,30)31)13-7-15-8-14-21(43-45(38,39)28(32,33)34)24(22(15)23)26(35-25)17-5-11-19(41-2)12-6-17/h3-14,25-26,35H,1-2H3. The van der Waals surface area contributed by atoms with E-state index < -0.39 is 54.8 Å². The summed E-state index contributed by atoms with van der Waals surface area (Å²) >= 11 is 0. The molecule has 0 radical (unpaired) electrons. The molecule has 1 aliphatic heterocycles. The summed E-state index contributed by atoms with van der Waals surface area (Å²) in [5, 5.41) is 3.22. The number of hydrogen-bond acceptors (Lipinski definition) is 9. The van der Waals surface area contributed by atoms with Gasteiger partial charge < -0.3 is 17.8 Å². The largest absolute Gasteiger partial charge is 0.534 e. The average molecular weight is 678 g/mol. The first-order valence-electron chi connectivity index (χ1n) is 12.6. The summed E-state index contributed by atoms with van der Waals surface area (Å²) in [6.07, 6.45) is 0. The molecule has 1 aliphatic rings. The Morgan fingerprint density at radius 2 is 0.933 bits per heavy atom. The third-order valence-electron chi connectivity index (χ3n) is 6.96. The van der Waals surface area contributed by atoms with Crippen LogP contribution in [0.1, 0.15) is 34.3 Å². The molecule has 0 saturated carbocycles. The van der Waals surface area contributed by atoms with Crippen LogP contribution in [0.25, 0.3) is 10.8 Å². The lowest BCUT2D eigenvalue weighted by Gasteiger charge is -2.36. The van der Waals surface area contributed by atoms with Gasteiger partial charge in [0.2, 0.25) is 0 Å². The first-order chi connectivity index (χ1) is 21.0. The van der Waals surface area contributed by atoms with Crippen molar-refractivity contribution < 1.29 is 61.0 Å². The Bertz CT molecular complexity index is 1820. The molecule has 1 heterocycles. The fraction of sp³-hybridized carbons (Fsp3) is 0.214. The molecule has 0 amide bonds. The SMILES string of the molecule is COc1ccc(C2NC(c3ccc(OC)cc3)c3c(OS(=O)(=O)C(F)(F)F)ccc4ccc(OS(=O)(=O)C(F)(F)F)c2c34)cc1. The highest BCUT2D eigenvalue weighted by atomic mass is 32.2. The maximum absolute atomic E-state index is 13.4. The number of methoxy groups -OCH3 is 2. The molecule has 0 aliphatic carbocycles. The molecular weight excluding hydrogens is 656 g/mol. The molecule has 0 spiro atoms. The third-order valence-corrected chi connectivity index (χ3v) is 8.89. The van der Waals surface area contributed by atoms with Crippen LogP contribution in [0, 0.1) is 0 Å². The van der Waals surface area contributed by atoms with Crippen molar-refractivity contribution in [2.24, 2.45) is 0 Å². The second kappa shape index (κ2) is 11.3. The number of ether oxygens (including phenoxy) is 2. The van der Waals surface area contributed by atoms with Gasteiger partial charge in [0.25, 0.3) is 0 Å². The maximum Gasteiger partial charge on any atom is 0.534 e. The Hall–Kier alpha value is -4.22. The average Bonchev–Trinajstić information content (AvgIpc) is 2.98. The Kier molecular flexibility index (Phi) is 8.08. The van der Waals surface area contributed by atoms with E-state index in [-0.39, 0.29) is 21.9 Å². The van der Waals surface area contributed by atoms with Crippen LogP contribution in [0.3, 0.4) is 0 Å². The number of halogens is 6. The van der Waals surface area contributed by atoms with Gasteiger partial charge >= 0.3 is 31.3 Å². The van der Waals surface area contributed by atoms with Crippen molar-refractivity contribution in [1.82, 2.24) is 5.32 Å². The van der Waals surface area contributed by atoms with Crippen LogP contribution < -0.4 is 23.2 Å². The Balaban J connectivity index is 1.87. The van der Waals surface area contributed by atoms with E-state index in [0.29, 0.717) is 22.6 Å². The first kappa shape index (κ1) is 32.2. The molecule has 9 nitrogen and oxygen atoms in total. The minimum absolute atomic E-state index is 0.0971. The zero-order valence-electron chi connectivity index (χ0n) is 22.9. The summed E-state index contributed by atoms with van der Waals surface area (Å²) < 4.78 is 149. The molecule has 2 atom stereocenters. The third kappa shape index (κ3) is 5.94. The number of nitrogens with one attached hydrogen (secondary N) is 1. The van der Waals surface area contributed by atoms with E-state index in [1.54, 1.807) is 0 Å². The highest BCUT2D eigenvalue weighted by molar-refractivity contribution is 7.88.